The summed E-state index contributed by atoms with van der Waals surface area (Å²) in [5.41, 5.74) is 1.16. The zero-order chi connectivity index (χ0) is 31.8. The smallest absolute Gasteiger partial charge is 0.231 e. The van der Waals surface area contributed by atoms with Crippen molar-refractivity contribution in [2.24, 2.45) is 10.9 Å². The van der Waals surface area contributed by atoms with Crippen LogP contribution in [0.1, 0.15) is 66.2 Å². The van der Waals surface area contributed by atoms with E-state index in [2.05, 4.69) is 48.3 Å². The van der Waals surface area contributed by atoms with Crippen LogP contribution in [-0.4, -0.2) is 52.8 Å². The van der Waals surface area contributed by atoms with Crippen molar-refractivity contribution in [2.75, 3.05) is 45.1 Å². The lowest BCUT2D eigenvalue weighted by Crippen LogP contribution is -2.31. The predicted octanol–water partition coefficient (Wildman–Crippen LogP) is 5.51. The summed E-state index contributed by atoms with van der Waals surface area (Å²) in [6, 6.07) is 9.62. The zero-order valence-corrected chi connectivity index (χ0v) is 26.5. The van der Waals surface area contributed by atoms with E-state index in [0.29, 0.717) is 41.8 Å². The first-order valence-electron chi connectivity index (χ1n) is 14.5. The summed E-state index contributed by atoms with van der Waals surface area (Å²) in [5, 5.41) is 9.04. The lowest BCUT2D eigenvalue weighted by atomic mass is 10.0. The van der Waals surface area contributed by atoms with Crippen molar-refractivity contribution in [3.8, 4) is 5.75 Å². The summed E-state index contributed by atoms with van der Waals surface area (Å²) in [7, 11) is 5.31. The Morgan fingerprint density at radius 2 is 1.69 bits per heavy atom. The summed E-state index contributed by atoms with van der Waals surface area (Å²) in [6.07, 6.45) is 8.87. The minimum Gasteiger partial charge on any atom is -0.491 e. The molecule has 2 aromatic carbocycles. The van der Waals surface area contributed by atoms with E-state index in [1.54, 1.807) is 44.4 Å². The number of aliphatic imine (C=N–C) groups is 1. The number of ether oxygens (including phenoxy) is 2. The summed E-state index contributed by atoms with van der Waals surface area (Å²) in [6.45, 7) is 13.2. The van der Waals surface area contributed by atoms with E-state index in [1.807, 2.05) is 14.1 Å². The molecule has 8 nitrogen and oxygen atoms in total. The number of nitrogens with one attached hydrogen (secondary N) is 3. The van der Waals surface area contributed by atoms with Crippen molar-refractivity contribution >= 4 is 42.2 Å². The largest absolute Gasteiger partial charge is 0.491 e. The molecule has 2 rings (SSSR count). The van der Waals surface area contributed by atoms with Gasteiger partial charge in [-0.2, -0.15) is 0 Å². The van der Waals surface area contributed by atoms with Crippen molar-refractivity contribution in [1.82, 2.24) is 5.32 Å². The van der Waals surface area contributed by atoms with Crippen LogP contribution in [-0.2, 0) is 14.3 Å². The maximum atomic E-state index is 14.8. The predicted molar refractivity (Wildman–Crippen MR) is 174 cm³/mol. The average Bonchev–Trinajstić information content (AvgIpc) is 2.95. The third-order valence-electron chi connectivity index (χ3n) is 5.89. The van der Waals surface area contributed by atoms with Gasteiger partial charge in [-0.15, -0.1) is 0 Å². The van der Waals surface area contributed by atoms with Crippen LogP contribution in [0.25, 0.3) is 12.4 Å². The van der Waals surface area contributed by atoms with E-state index in [-0.39, 0.29) is 17.5 Å². The Morgan fingerprint density at radius 1 is 1.07 bits per heavy atom. The van der Waals surface area contributed by atoms with Crippen molar-refractivity contribution in [2.45, 2.75) is 66.2 Å². The molecule has 2 aromatic rings. The molecule has 0 aliphatic heterocycles. The number of anilines is 2. The number of rotatable bonds is 15. The fourth-order valence-corrected chi connectivity index (χ4v) is 3.52. The molecule has 0 aromatic heterocycles. The standard InChI is InChI=1S/C22H24FN3O4.C9H20.C2H7N/c1-4-24-22(21-15(2)13-18(14-19(21)23)30-12-11-29-3)26-17-7-5-16(6-8-17)25-20(28)9-10-27;1-4-6-7-8-9(3)5-2;1-3-2/h4-8,10,13-14,26H,2,9,11-12H2,1,3H3,(H,25,28);9H,4-8H2,1-3H3;3H,1-2H3/b22-21-,24-4-;;. The van der Waals surface area contributed by atoms with Gasteiger partial charge in [0.1, 0.15) is 30.3 Å². The van der Waals surface area contributed by atoms with Crippen molar-refractivity contribution < 1.29 is 23.5 Å². The minimum absolute atomic E-state index is 0.208. The van der Waals surface area contributed by atoms with Gasteiger partial charge in [-0.25, -0.2) is 9.38 Å². The molecule has 0 saturated carbocycles. The fraction of sp³-hybridized carbons (Fsp3) is 0.485. The highest BCUT2D eigenvalue weighted by Crippen LogP contribution is 2.16. The second-order valence-corrected chi connectivity index (χ2v) is 9.65. The number of hydrogen-bond donors (Lipinski definition) is 3. The Morgan fingerprint density at radius 3 is 2.19 bits per heavy atom. The Hall–Kier alpha value is -3.56. The fourth-order valence-electron chi connectivity index (χ4n) is 3.52. The Kier molecular flexibility index (Phi) is 22.0. The van der Waals surface area contributed by atoms with Gasteiger partial charge in [0, 0.05) is 30.8 Å². The second kappa shape index (κ2) is 24.1. The quantitative estimate of drug-likeness (QED) is 0.110. The summed E-state index contributed by atoms with van der Waals surface area (Å²) in [5.74, 6) is 0.664. The van der Waals surface area contributed by atoms with E-state index < -0.39 is 11.7 Å². The van der Waals surface area contributed by atoms with Gasteiger partial charge >= 0.3 is 0 Å². The summed E-state index contributed by atoms with van der Waals surface area (Å²) >= 11 is 0. The molecule has 234 valence electrons. The molecule has 1 atom stereocenters. The van der Waals surface area contributed by atoms with Crippen LogP contribution in [0.5, 0.6) is 5.75 Å². The molecule has 42 heavy (non-hydrogen) atoms. The molecule has 0 aliphatic carbocycles. The van der Waals surface area contributed by atoms with E-state index in [0.717, 1.165) is 5.92 Å². The number of hydrogen-bond acceptors (Lipinski definition) is 7. The first-order chi connectivity index (χ1) is 20.2. The Labute approximate surface area is 251 Å². The number of unbranched alkanes of at least 4 members (excludes halogenated alkanes) is 2. The van der Waals surface area contributed by atoms with E-state index in [9.17, 15) is 14.0 Å². The summed E-state index contributed by atoms with van der Waals surface area (Å²) < 4.78 is 25.2. The zero-order valence-electron chi connectivity index (χ0n) is 26.5. The molecule has 0 spiro atoms. The van der Waals surface area contributed by atoms with E-state index in [1.165, 1.54) is 44.4 Å². The SMILES string of the molecule is C=c1cc(OCCOC)cc(F)/c1=C(/N=C\C)Nc1ccc(NC(=O)CC=O)cc1.CCCCCC(C)CC.CNC. The van der Waals surface area contributed by atoms with Gasteiger partial charge in [-0.3, -0.25) is 4.79 Å². The number of nitrogens with zero attached hydrogens (tertiary/aromatic N) is 1. The van der Waals surface area contributed by atoms with Crippen LogP contribution >= 0.6 is 0 Å². The molecule has 1 unspecified atom stereocenters. The maximum Gasteiger partial charge on any atom is 0.231 e. The van der Waals surface area contributed by atoms with Gasteiger partial charge in [0.15, 0.2) is 0 Å². The second-order valence-electron chi connectivity index (χ2n) is 9.65. The molecule has 3 N–H and O–H groups in total. The third-order valence-corrected chi connectivity index (χ3v) is 5.89. The lowest BCUT2D eigenvalue weighted by molar-refractivity contribution is -0.119. The number of amides is 1. The first-order valence-corrected chi connectivity index (χ1v) is 14.5. The summed E-state index contributed by atoms with van der Waals surface area (Å²) in [4.78, 5) is 26.1. The number of aldehydes is 1. The molecular formula is C33H51FN4O4. The molecule has 0 bridgehead atoms. The Bertz CT molecular complexity index is 1170. The molecule has 0 aliphatic rings. The number of carbonyl (C=O) groups excluding carboxylic acids is 2. The van der Waals surface area contributed by atoms with Gasteiger partial charge < -0.3 is 30.2 Å². The first kappa shape index (κ1) is 38.4. The molecule has 1 amide bonds. The van der Waals surface area contributed by atoms with Crippen molar-refractivity contribution in [1.29, 1.82) is 0 Å². The molecular weight excluding hydrogens is 535 g/mol. The number of methoxy groups -OCH3 is 1. The average molecular weight is 587 g/mol. The van der Waals surface area contributed by atoms with Gasteiger partial charge in [0.2, 0.25) is 5.91 Å². The van der Waals surface area contributed by atoms with Gasteiger partial charge in [-0.05, 0) is 62.5 Å². The van der Waals surface area contributed by atoms with E-state index in [4.69, 9.17) is 9.47 Å². The monoisotopic (exact) mass is 586 g/mol. The van der Waals surface area contributed by atoms with Gasteiger partial charge in [0.25, 0.3) is 0 Å². The molecule has 0 heterocycles. The normalized spacial score (nSPS) is 11.8. The topological polar surface area (TPSA) is 101 Å². The number of halogens is 1. The number of carbonyl (C=O) groups is 2. The van der Waals surface area contributed by atoms with Crippen LogP contribution in [0.3, 0.4) is 0 Å². The molecule has 0 fully saturated rings. The van der Waals surface area contributed by atoms with Gasteiger partial charge in [-0.1, -0.05) is 59.5 Å². The third kappa shape index (κ3) is 16.6. The van der Waals surface area contributed by atoms with Crippen LogP contribution in [0.2, 0.25) is 0 Å². The van der Waals surface area contributed by atoms with Crippen LogP contribution < -0.4 is 31.1 Å². The van der Waals surface area contributed by atoms with Crippen LogP contribution in [0, 0.1) is 11.7 Å². The van der Waals surface area contributed by atoms with Gasteiger partial charge in [0.05, 0.1) is 18.2 Å². The lowest BCUT2D eigenvalue weighted by Gasteiger charge is -2.11. The van der Waals surface area contributed by atoms with Crippen molar-refractivity contribution in [3.05, 3.63) is 52.7 Å². The minimum atomic E-state index is -0.527. The van der Waals surface area contributed by atoms with Crippen LogP contribution in [0.15, 0.2) is 41.4 Å². The van der Waals surface area contributed by atoms with E-state index >= 15 is 0 Å². The van der Waals surface area contributed by atoms with Crippen LogP contribution in [0.4, 0.5) is 15.8 Å². The molecule has 9 heteroatoms. The highest BCUT2D eigenvalue weighted by atomic mass is 19.1. The molecule has 0 radical (unpaired) electrons. The maximum absolute atomic E-state index is 14.8. The van der Waals surface area contributed by atoms with Crippen molar-refractivity contribution in [3.63, 3.8) is 0 Å². The number of benzene rings is 2. The highest BCUT2D eigenvalue weighted by molar-refractivity contribution is 5.98. The molecule has 0 saturated heterocycles. The Balaban J connectivity index is 0.00000118. The highest BCUT2D eigenvalue weighted by Gasteiger charge is 2.08.